The number of hydrogen-bond acceptors (Lipinski definition) is 4. The summed E-state index contributed by atoms with van der Waals surface area (Å²) in [4.78, 5) is 5.40. The first kappa shape index (κ1) is 14.5. The minimum atomic E-state index is 0.727. The van der Waals surface area contributed by atoms with Crippen molar-refractivity contribution >= 4 is 11.3 Å². The molecule has 2 heterocycles. The lowest BCUT2D eigenvalue weighted by atomic mass is 10.0. The molecule has 1 aliphatic carbocycles. The first-order valence-electron chi connectivity index (χ1n) is 7.87. The molecule has 1 aromatic rings. The fourth-order valence-corrected chi connectivity index (χ4v) is 3.91. The third-order valence-electron chi connectivity index (χ3n) is 4.11. The van der Waals surface area contributed by atoms with E-state index in [1.54, 1.807) is 0 Å². The van der Waals surface area contributed by atoms with E-state index in [4.69, 9.17) is 4.74 Å². The Hall–Kier alpha value is -0.420. The third kappa shape index (κ3) is 4.55. The van der Waals surface area contributed by atoms with Crippen LogP contribution >= 0.6 is 11.3 Å². The minimum Gasteiger partial charge on any atom is -0.381 e. The summed E-state index contributed by atoms with van der Waals surface area (Å²) in [5.41, 5.74) is 0. The maximum Gasteiger partial charge on any atom is 0.0506 e. The zero-order valence-corrected chi connectivity index (χ0v) is 13.3. The van der Waals surface area contributed by atoms with Crippen molar-refractivity contribution in [2.75, 3.05) is 26.8 Å². The highest BCUT2D eigenvalue weighted by atomic mass is 32.1. The molecule has 3 rings (SSSR count). The van der Waals surface area contributed by atoms with Crippen molar-refractivity contribution in [1.82, 2.24) is 10.2 Å². The molecule has 2 aliphatic rings. The number of nitrogens with zero attached hydrogens (tertiary/aromatic N) is 1. The summed E-state index contributed by atoms with van der Waals surface area (Å²) in [6.07, 6.45) is 5.29. The molecule has 3 nitrogen and oxygen atoms in total. The van der Waals surface area contributed by atoms with Crippen LogP contribution in [0.2, 0.25) is 0 Å². The first-order chi connectivity index (χ1) is 9.79. The molecule has 1 aromatic heterocycles. The zero-order valence-electron chi connectivity index (χ0n) is 12.4. The molecule has 1 aliphatic heterocycles. The predicted molar refractivity (Wildman–Crippen MR) is 84.1 cm³/mol. The highest BCUT2D eigenvalue weighted by Gasteiger charge is 2.20. The lowest BCUT2D eigenvalue weighted by Crippen LogP contribution is -2.30. The summed E-state index contributed by atoms with van der Waals surface area (Å²) >= 11 is 1.96. The van der Waals surface area contributed by atoms with Crippen LogP contribution in [-0.2, 0) is 17.8 Å². The molecule has 20 heavy (non-hydrogen) atoms. The van der Waals surface area contributed by atoms with E-state index in [-0.39, 0.29) is 0 Å². The highest BCUT2D eigenvalue weighted by Crippen LogP contribution is 2.23. The van der Waals surface area contributed by atoms with Gasteiger partial charge in [0.25, 0.3) is 0 Å². The van der Waals surface area contributed by atoms with Gasteiger partial charge in [0.1, 0.15) is 0 Å². The molecule has 0 aromatic carbocycles. The maximum absolute atomic E-state index is 5.57. The van der Waals surface area contributed by atoms with Gasteiger partial charge in [-0.3, -0.25) is 0 Å². The monoisotopic (exact) mass is 294 g/mol. The van der Waals surface area contributed by atoms with E-state index in [0.717, 1.165) is 44.8 Å². The van der Waals surface area contributed by atoms with Crippen LogP contribution in [0.15, 0.2) is 12.1 Å². The number of rotatable bonds is 7. The first-order valence-corrected chi connectivity index (χ1v) is 8.68. The van der Waals surface area contributed by atoms with Crippen LogP contribution in [0.1, 0.15) is 35.4 Å². The zero-order chi connectivity index (χ0) is 13.8. The van der Waals surface area contributed by atoms with Crippen molar-refractivity contribution in [1.29, 1.82) is 0 Å². The Bertz CT molecular complexity index is 410. The largest absolute Gasteiger partial charge is 0.381 e. The van der Waals surface area contributed by atoms with Gasteiger partial charge in [0, 0.05) is 42.0 Å². The quantitative estimate of drug-likeness (QED) is 0.837. The summed E-state index contributed by atoms with van der Waals surface area (Å²) in [5, 5.41) is 3.59. The SMILES string of the molecule is CN(Cc1ccc(CNC2CC2)s1)CC1CCCOC1. The van der Waals surface area contributed by atoms with E-state index in [0.29, 0.717) is 0 Å². The average Bonchev–Trinajstić information content (AvgIpc) is 3.18. The lowest BCUT2D eigenvalue weighted by Gasteiger charge is -2.26. The van der Waals surface area contributed by atoms with Gasteiger partial charge in [-0.2, -0.15) is 0 Å². The van der Waals surface area contributed by atoms with Gasteiger partial charge in [0.15, 0.2) is 0 Å². The molecule has 2 fully saturated rings. The van der Waals surface area contributed by atoms with Crippen molar-refractivity contribution in [3.8, 4) is 0 Å². The second-order valence-electron chi connectivity index (χ2n) is 6.30. The lowest BCUT2D eigenvalue weighted by molar-refractivity contribution is 0.0413. The molecule has 4 heteroatoms. The van der Waals surface area contributed by atoms with Gasteiger partial charge in [-0.25, -0.2) is 0 Å². The Labute approximate surface area is 126 Å². The van der Waals surface area contributed by atoms with Crippen LogP contribution in [0.3, 0.4) is 0 Å². The fourth-order valence-electron chi connectivity index (χ4n) is 2.86. The molecule has 0 radical (unpaired) electrons. The van der Waals surface area contributed by atoms with Gasteiger partial charge in [0.2, 0.25) is 0 Å². The van der Waals surface area contributed by atoms with Crippen molar-refractivity contribution in [2.45, 2.75) is 44.8 Å². The van der Waals surface area contributed by atoms with Gasteiger partial charge in [0.05, 0.1) is 6.61 Å². The Morgan fingerprint density at radius 3 is 2.90 bits per heavy atom. The minimum absolute atomic E-state index is 0.727. The standard InChI is InChI=1S/C16H26N2OS/c1-18(10-13-3-2-8-19-12-13)11-16-7-6-15(20-16)9-17-14-4-5-14/h6-7,13-14,17H,2-5,8-12H2,1H3. The molecular weight excluding hydrogens is 268 g/mol. The third-order valence-corrected chi connectivity index (χ3v) is 5.18. The van der Waals surface area contributed by atoms with Crippen molar-refractivity contribution in [2.24, 2.45) is 5.92 Å². The van der Waals surface area contributed by atoms with Gasteiger partial charge in [-0.1, -0.05) is 0 Å². The van der Waals surface area contributed by atoms with Crippen molar-refractivity contribution < 1.29 is 4.74 Å². The fraction of sp³-hybridized carbons (Fsp3) is 0.750. The molecule has 1 atom stereocenters. The number of nitrogens with one attached hydrogen (secondary N) is 1. The van der Waals surface area contributed by atoms with E-state index in [1.807, 2.05) is 11.3 Å². The van der Waals surface area contributed by atoms with E-state index < -0.39 is 0 Å². The van der Waals surface area contributed by atoms with Crippen LogP contribution in [0.25, 0.3) is 0 Å². The molecule has 1 N–H and O–H groups in total. The van der Waals surface area contributed by atoms with E-state index >= 15 is 0 Å². The summed E-state index contributed by atoms with van der Waals surface area (Å²) in [6.45, 7) is 5.20. The second kappa shape index (κ2) is 7.03. The topological polar surface area (TPSA) is 24.5 Å². The van der Waals surface area contributed by atoms with E-state index in [9.17, 15) is 0 Å². The highest BCUT2D eigenvalue weighted by molar-refractivity contribution is 7.11. The Morgan fingerprint density at radius 1 is 1.30 bits per heavy atom. The normalized spacial score (nSPS) is 23.4. The second-order valence-corrected chi connectivity index (χ2v) is 7.56. The molecule has 1 saturated heterocycles. The van der Waals surface area contributed by atoms with Crippen molar-refractivity contribution in [3.05, 3.63) is 21.9 Å². The van der Waals surface area contributed by atoms with Crippen LogP contribution in [0.5, 0.6) is 0 Å². The van der Waals surface area contributed by atoms with Crippen molar-refractivity contribution in [3.63, 3.8) is 0 Å². The number of ether oxygens (including phenoxy) is 1. The molecule has 0 bridgehead atoms. The molecular formula is C16H26N2OS. The summed E-state index contributed by atoms with van der Waals surface area (Å²) < 4.78 is 5.57. The Balaban J connectivity index is 1.41. The van der Waals surface area contributed by atoms with Gasteiger partial charge in [-0.05, 0) is 50.8 Å². The molecule has 0 amide bonds. The number of thiophene rings is 1. The van der Waals surface area contributed by atoms with Gasteiger partial charge in [-0.15, -0.1) is 11.3 Å². The van der Waals surface area contributed by atoms with Crippen LogP contribution in [-0.4, -0.2) is 37.7 Å². The summed E-state index contributed by atoms with van der Waals surface area (Å²) in [5.74, 6) is 0.727. The van der Waals surface area contributed by atoms with Crippen LogP contribution in [0.4, 0.5) is 0 Å². The summed E-state index contributed by atoms with van der Waals surface area (Å²) in [7, 11) is 2.23. The van der Waals surface area contributed by atoms with Gasteiger partial charge < -0.3 is 15.0 Å². The van der Waals surface area contributed by atoms with Crippen LogP contribution in [0, 0.1) is 5.92 Å². The van der Waals surface area contributed by atoms with E-state index in [2.05, 4.69) is 29.4 Å². The Morgan fingerprint density at radius 2 is 2.15 bits per heavy atom. The smallest absolute Gasteiger partial charge is 0.0506 e. The summed E-state index contributed by atoms with van der Waals surface area (Å²) in [6, 6.07) is 5.38. The molecule has 1 saturated carbocycles. The Kier molecular flexibility index (Phi) is 5.10. The molecule has 1 unspecified atom stereocenters. The number of hydrogen-bond donors (Lipinski definition) is 1. The molecule has 112 valence electrons. The predicted octanol–water partition coefficient (Wildman–Crippen LogP) is 2.86. The van der Waals surface area contributed by atoms with Gasteiger partial charge >= 0.3 is 0 Å². The van der Waals surface area contributed by atoms with Crippen LogP contribution < -0.4 is 5.32 Å². The maximum atomic E-state index is 5.57. The van der Waals surface area contributed by atoms with E-state index in [1.165, 1.54) is 35.4 Å². The average molecular weight is 294 g/mol. The molecule has 0 spiro atoms.